The molecule has 3 heterocycles. The SMILES string of the molecule is Cc1nccc([C@@H]2CN(C(=O)c3coc(C)n3)CCO2)n1. The second-order valence-electron chi connectivity index (χ2n) is 4.89. The molecule has 0 bridgehead atoms. The Morgan fingerprint density at radius 2 is 2.24 bits per heavy atom. The molecule has 21 heavy (non-hydrogen) atoms. The number of rotatable bonds is 2. The molecule has 1 fully saturated rings. The molecule has 0 aromatic carbocycles. The third-order valence-corrected chi connectivity index (χ3v) is 3.32. The van der Waals surface area contributed by atoms with Gasteiger partial charge in [0.1, 0.15) is 18.2 Å². The molecule has 0 N–H and O–H groups in total. The van der Waals surface area contributed by atoms with Crippen LogP contribution in [-0.2, 0) is 4.74 Å². The Hall–Kier alpha value is -2.28. The van der Waals surface area contributed by atoms with E-state index >= 15 is 0 Å². The monoisotopic (exact) mass is 288 g/mol. The smallest absolute Gasteiger partial charge is 0.275 e. The quantitative estimate of drug-likeness (QED) is 0.828. The van der Waals surface area contributed by atoms with Gasteiger partial charge in [-0.15, -0.1) is 0 Å². The predicted octanol–water partition coefficient (Wildman–Crippen LogP) is 1.30. The van der Waals surface area contributed by atoms with E-state index in [9.17, 15) is 4.79 Å². The maximum atomic E-state index is 12.4. The van der Waals surface area contributed by atoms with E-state index in [1.807, 2.05) is 13.0 Å². The normalized spacial score (nSPS) is 18.8. The summed E-state index contributed by atoms with van der Waals surface area (Å²) in [4.78, 5) is 26.6. The minimum absolute atomic E-state index is 0.147. The highest BCUT2D eigenvalue weighted by atomic mass is 16.5. The number of hydrogen-bond acceptors (Lipinski definition) is 6. The standard InChI is InChI=1S/C14H16N4O3/c1-9-15-4-3-11(16-9)13-7-18(5-6-20-13)14(19)12-8-21-10(2)17-12/h3-4,8,13H,5-7H2,1-2H3/t13-/m0/s1. The molecule has 0 unspecified atom stereocenters. The zero-order valence-electron chi connectivity index (χ0n) is 11.9. The number of aromatic nitrogens is 3. The maximum Gasteiger partial charge on any atom is 0.275 e. The van der Waals surface area contributed by atoms with Crippen LogP contribution in [0.4, 0.5) is 0 Å². The van der Waals surface area contributed by atoms with E-state index in [1.54, 1.807) is 18.0 Å². The molecule has 2 aromatic heterocycles. The molecule has 1 aliphatic rings. The first-order valence-corrected chi connectivity index (χ1v) is 6.76. The third-order valence-electron chi connectivity index (χ3n) is 3.32. The van der Waals surface area contributed by atoms with Gasteiger partial charge in [-0.3, -0.25) is 4.79 Å². The average Bonchev–Trinajstić information content (AvgIpc) is 2.93. The number of nitrogens with zero attached hydrogens (tertiary/aromatic N) is 4. The lowest BCUT2D eigenvalue weighted by Crippen LogP contribution is -2.42. The molecule has 1 amide bonds. The Morgan fingerprint density at radius 1 is 1.38 bits per heavy atom. The van der Waals surface area contributed by atoms with Crippen LogP contribution < -0.4 is 0 Å². The zero-order valence-corrected chi connectivity index (χ0v) is 11.9. The summed E-state index contributed by atoms with van der Waals surface area (Å²) in [5, 5.41) is 0. The van der Waals surface area contributed by atoms with Crippen molar-refractivity contribution in [3.63, 3.8) is 0 Å². The molecular weight excluding hydrogens is 272 g/mol. The van der Waals surface area contributed by atoms with E-state index in [0.29, 0.717) is 37.1 Å². The molecule has 0 aliphatic carbocycles. The Bertz CT molecular complexity index is 655. The number of carbonyl (C=O) groups excluding carboxylic acids is 1. The van der Waals surface area contributed by atoms with Crippen LogP contribution in [0.3, 0.4) is 0 Å². The van der Waals surface area contributed by atoms with Gasteiger partial charge in [-0.1, -0.05) is 0 Å². The van der Waals surface area contributed by atoms with Crippen LogP contribution in [0.2, 0.25) is 0 Å². The van der Waals surface area contributed by atoms with Gasteiger partial charge in [-0.25, -0.2) is 15.0 Å². The molecule has 3 rings (SSSR count). The number of aryl methyl sites for hydroxylation is 2. The van der Waals surface area contributed by atoms with E-state index in [2.05, 4.69) is 15.0 Å². The van der Waals surface area contributed by atoms with Crippen molar-refractivity contribution in [3.05, 3.63) is 41.6 Å². The van der Waals surface area contributed by atoms with E-state index in [4.69, 9.17) is 9.15 Å². The van der Waals surface area contributed by atoms with Crippen molar-refractivity contribution in [1.29, 1.82) is 0 Å². The predicted molar refractivity (Wildman–Crippen MR) is 72.6 cm³/mol. The molecule has 1 atom stereocenters. The Labute approximate surface area is 122 Å². The number of amides is 1. The van der Waals surface area contributed by atoms with Gasteiger partial charge < -0.3 is 14.1 Å². The Kier molecular flexibility index (Phi) is 3.66. The highest BCUT2D eigenvalue weighted by Crippen LogP contribution is 2.21. The van der Waals surface area contributed by atoms with Gasteiger partial charge in [0.25, 0.3) is 5.91 Å². The minimum atomic E-state index is -0.239. The third kappa shape index (κ3) is 2.92. The van der Waals surface area contributed by atoms with Crippen LogP contribution in [0.15, 0.2) is 22.9 Å². The number of carbonyl (C=O) groups is 1. The van der Waals surface area contributed by atoms with Gasteiger partial charge in [0.15, 0.2) is 11.6 Å². The Balaban J connectivity index is 1.75. The summed E-state index contributed by atoms with van der Waals surface area (Å²) in [6.45, 7) is 4.98. The lowest BCUT2D eigenvalue weighted by molar-refractivity contribution is -0.0250. The van der Waals surface area contributed by atoms with E-state index < -0.39 is 0 Å². The largest absolute Gasteiger partial charge is 0.448 e. The van der Waals surface area contributed by atoms with Crippen molar-refractivity contribution in [2.45, 2.75) is 20.0 Å². The molecule has 7 heteroatoms. The minimum Gasteiger partial charge on any atom is -0.448 e. The van der Waals surface area contributed by atoms with Gasteiger partial charge in [0.2, 0.25) is 0 Å². The summed E-state index contributed by atoms with van der Waals surface area (Å²) in [6, 6.07) is 1.81. The number of morpholine rings is 1. The molecule has 2 aromatic rings. The van der Waals surface area contributed by atoms with Crippen molar-refractivity contribution in [2.24, 2.45) is 0 Å². The van der Waals surface area contributed by atoms with Crippen molar-refractivity contribution in [1.82, 2.24) is 19.9 Å². The molecule has 0 spiro atoms. The summed E-state index contributed by atoms with van der Waals surface area (Å²) in [5.41, 5.74) is 1.11. The van der Waals surface area contributed by atoms with E-state index in [1.165, 1.54) is 6.26 Å². The van der Waals surface area contributed by atoms with Gasteiger partial charge in [-0.05, 0) is 13.0 Å². The maximum absolute atomic E-state index is 12.4. The van der Waals surface area contributed by atoms with Crippen LogP contribution in [0.5, 0.6) is 0 Å². The lowest BCUT2D eigenvalue weighted by Gasteiger charge is -2.32. The number of hydrogen-bond donors (Lipinski definition) is 0. The van der Waals surface area contributed by atoms with Crippen LogP contribution in [-0.4, -0.2) is 45.5 Å². The second kappa shape index (κ2) is 5.61. The van der Waals surface area contributed by atoms with Crippen LogP contribution in [0.1, 0.15) is 34.0 Å². The highest BCUT2D eigenvalue weighted by molar-refractivity contribution is 5.92. The first-order valence-electron chi connectivity index (χ1n) is 6.76. The van der Waals surface area contributed by atoms with Crippen molar-refractivity contribution in [2.75, 3.05) is 19.7 Å². The molecular formula is C14H16N4O3. The summed E-state index contributed by atoms with van der Waals surface area (Å²) in [7, 11) is 0. The molecule has 7 nitrogen and oxygen atoms in total. The Morgan fingerprint density at radius 3 is 2.95 bits per heavy atom. The molecule has 0 saturated carbocycles. The summed E-state index contributed by atoms with van der Waals surface area (Å²) in [5.74, 6) is 1.02. The fraction of sp³-hybridized carbons (Fsp3) is 0.429. The first kappa shape index (κ1) is 13.7. The van der Waals surface area contributed by atoms with E-state index in [-0.39, 0.29) is 12.0 Å². The van der Waals surface area contributed by atoms with Crippen molar-refractivity contribution < 1.29 is 13.9 Å². The fourth-order valence-electron chi connectivity index (χ4n) is 2.29. The van der Waals surface area contributed by atoms with Gasteiger partial charge in [0, 0.05) is 19.7 Å². The van der Waals surface area contributed by atoms with Crippen LogP contribution >= 0.6 is 0 Å². The highest BCUT2D eigenvalue weighted by Gasteiger charge is 2.28. The van der Waals surface area contributed by atoms with Gasteiger partial charge in [0.05, 0.1) is 18.8 Å². The van der Waals surface area contributed by atoms with Crippen molar-refractivity contribution in [3.8, 4) is 0 Å². The molecule has 0 radical (unpaired) electrons. The number of ether oxygens (including phenoxy) is 1. The molecule has 1 saturated heterocycles. The van der Waals surface area contributed by atoms with Crippen LogP contribution in [0.25, 0.3) is 0 Å². The summed E-state index contributed by atoms with van der Waals surface area (Å²) >= 11 is 0. The van der Waals surface area contributed by atoms with Gasteiger partial charge in [-0.2, -0.15) is 0 Å². The number of oxazole rings is 1. The topological polar surface area (TPSA) is 81.4 Å². The zero-order chi connectivity index (χ0) is 14.8. The molecule has 1 aliphatic heterocycles. The lowest BCUT2D eigenvalue weighted by atomic mass is 10.2. The van der Waals surface area contributed by atoms with Crippen molar-refractivity contribution >= 4 is 5.91 Å². The summed E-state index contributed by atoms with van der Waals surface area (Å²) in [6.07, 6.45) is 2.84. The average molecular weight is 288 g/mol. The van der Waals surface area contributed by atoms with Gasteiger partial charge >= 0.3 is 0 Å². The fourth-order valence-corrected chi connectivity index (χ4v) is 2.29. The summed E-state index contributed by atoms with van der Waals surface area (Å²) < 4.78 is 10.8. The second-order valence-corrected chi connectivity index (χ2v) is 4.89. The first-order chi connectivity index (χ1) is 10.1. The van der Waals surface area contributed by atoms with E-state index in [0.717, 1.165) is 5.69 Å². The molecule has 110 valence electrons. The van der Waals surface area contributed by atoms with Crippen LogP contribution in [0, 0.1) is 13.8 Å².